The third-order valence-electron chi connectivity index (χ3n) is 3.00. The van der Waals surface area contributed by atoms with Crippen LogP contribution in [0, 0.1) is 0 Å². The number of nitrogens with zero attached hydrogens (tertiary/aromatic N) is 1. The van der Waals surface area contributed by atoms with Gasteiger partial charge < -0.3 is 19.3 Å². The van der Waals surface area contributed by atoms with Gasteiger partial charge in [-0.15, -0.1) is 0 Å². The topological polar surface area (TPSA) is 85.3 Å². The Morgan fingerprint density at radius 3 is 1.92 bits per heavy atom. The van der Waals surface area contributed by atoms with Gasteiger partial charge in [-0.1, -0.05) is 0 Å². The van der Waals surface area contributed by atoms with Crippen molar-refractivity contribution >= 4 is 17.9 Å². The molecule has 0 aliphatic carbocycles. The van der Waals surface area contributed by atoms with Crippen molar-refractivity contribution < 1.29 is 28.9 Å². The first-order valence-electron chi connectivity index (χ1n) is 8.46. The standard InChI is InChI=1S/C19H29NO6/c1-13(12-21)20(16(22)25-18(2,3)4)14-8-10-15(11-9-14)24-17(23)26-19(5,6)7/h8-11,13,21H,12H2,1-7H3/t13-/m0/s1. The average molecular weight is 367 g/mol. The van der Waals surface area contributed by atoms with Gasteiger partial charge in [0.15, 0.2) is 0 Å². The average Bonchev–Trinajstić information content (AvgIpc) is 2.45. The lowest BCUT2D eigenvalue weighted by Crippen LogP contribution is -2.44. The first kappa shape index (κ1) is 21.8. The van der Waals surface area contributed by atoms with Gasteiger partial charge in [0.2, 0.25) is 0 Å². The van der Waals surface area contributed by atoms with E-state index < -0.39 is 29.5 Å². The molecule has 7 nitrogen and oxygen atoms in total. The number of hydrogen-bond donors (Lipinski definition) is 1. The maximum absolute atomic E-state index is 12.5. The van der Waals surface area contributed by atoms with E-state index in [9.17, 15) is 14.7 Å². The fourth-order valence-electron chi connectivity index (χ4n) is 1.97. The first-order chi connectivity index (χ1) is 11.8. The molecule has 1 amide bonds. The summed E-state index contributed by atoms with van der Waals surface area (Å²) in [6.45, 7) is 12.0. The minimum Gasteiger partial charge on any atom is -0.443 e. The molecule has 0 aliphatic rings. The quantitative estimate of drug-likeness (QED) is 0.636. The highest BCUT2D eigenvalue weighted by atomic mass is 16.7. The number of hydrogen-bond acceptors (Lipinski definition) is 6. The third kappa shape index (κ3) is 7.31. The molecule has 146 valence electrons. The van der Waals surface area contributed by atoms with Gasteiger partial charge >= 0.3 is 12.2 Å². The van der Waals surface area contributed by atoms with E-state index in [0.717, 1.165) is 0 Å². The largest absolute Gasteiger partial charge is 0.514 e. The lowest BCUT2D eigenvalue weighted by atomic mass is 10.2. The highest BCUT2D eigenvalue weighted by molar-refractivity contribution is 5.88. The predicted molar refractivity (Wildman–Crippen MR) is 98.6 cm³/mol. The van der Waals surface area contributed by atoms with Gasteiger partial charge in [0.25, 0.3) is 0 Å². The number of aliphatic hydroxyl groups is 1. The van der Waals surface area contributed by atoms with Crippen LogP contribution in [0.25, 0.3) is 0 Å². The van der Waals surface area contributed by atoms with Gasteiger partial charge in [-0.2, -0.15) is 0 Å². The van der Waals surface area contributed by atoms with Crippen molar-refractivity contribution in [2.24, 2.45) is 0 Å². The Bertz CT molecular complexity index is 612. The fourth-order valence-corrected chi connectivity index (χ4v) is 1.97. The number of benzene rings is 1. The van der Waals surface area contributed by atoms with E-state index >= 15 is 0 Å². The molecule has 0 aliphatic heterocycles. The van der Waals surface area contributed by atoms with Crippen LogP contribution in [0.15, 0.2) is 24.3 Å². The van der Waals surface area contributed by atoms with Crippen LogP contribution in [-0.2, 0) is 9.47 Å². The van der Waals surface area contributed by atoms with E-state index in [0.29, 0.717) is 5.69 Å². The molecule has 1 N–H and O–H groups in total. The van der Waals surface area contributed by atoms with E-state index in [2.05, 4.69) is 0 Å². The monoisotopic (exact) mass is 367 g/mol. The van der Waals surface area contributed by atoms with Crippen molar-refractivity contribution in [1.29, 1.82) is 0 Å². The summed E-state index contributed by atoms with van der Waals surface area (Å²) in [5.74, 6) is 0.281. The van der Waals surface area contributed by atoms with E-state index in [1.165, 1.54) is 4.90 Å². The zero-order chi connectivity index (χ0) is 20.1. The highest BCUT2D eigenvalue weighted by Gasteiger charge is 2.27. The molecule has 7 heteroatoms. The number of rotatable bonds is 4. The maximum Gasteiger partial charge on any atom is 0.514 e. The van der Waals surface area contributed by atoms with Crippen LogP contribution in [0.1, 0.15) is 48.5 Å². The number of carbonyl (C=O) groups excluding carboxylic acids is 2. The Hall–Kier alpha value is -2.28. The summed E-state index contributed by atoms with van der Waals surface area (Å²) >= 11 is 0. The predicted octanol–water partition coefficient (Wildman–Crippen LogP) is 4.12. The van der Waals surface area contributed by atoms with Crippen molar-refractivity contribution in [3.05, 3.63) is 24.3 Å². The Labute approximate surface area is 154 Å². The molecular weight excluding hydrogens is 338 g/mol. The van der Waals surface area contributed by atoms with Crippen molar-refractivity contribution in [3.63, 3.8) is 0 Å². The molecule has 1 aromatic rings. The lowest BCUT2D eigenvalue weighted by molar-refractivity contribution is 0.0205. The second-order valence-electron chi connectivity index (χ2n) is 7.94. The van der Waals surface area contributed by atoms with E-state index in [1.807, 2.05) is 0 Å². The smallest absolute Gasteiger partial charge is 0.443 e. The van der Waals surface area contributed by atoms with Crippen LogP contribution in [0.4, 0.5) is 15.3 Å². The molecule has 0 bridgehead atoms. The number of carbonyl (C=O) groups is 2. The molecule has 26 heavy (non-hydrogen) atoms. The van der Waals surface area contributed by atoms with E-state index in [-0.39, 0.29) is 12.4 Å². The molecule has 0 radical (unpaired) electrons. The summed E-state index contributed by atoms with van der Waals surface area (Å²) in [6.07, 6.45) is -1.38. The van der Waals surface area contributed by atoms with Crippen molar-refractivity contribution in [2.45, 2.75) is 65.7 Å². The van der Waals surface area contributed by atoms with Gasteiger partial charge in [-0.25, -0.2) is 9.59 Å². The summed E-state index contributed by atoms with van der Waals surface area (Å²) in [7, 11) is 0. The molecule has 1 aromatic carbocycles. The molecular formula is C19H29NO6. The second-order valence-corrected chi connectivity index (χ2v) is 7.94. The van der Waals surface area contributed by atoms with Crippen LogP contribution < -0.4 is 9.64 Å². The molecule has 0 heterocycles. The number of amides is 1. The zero-order valence-corrected chi connectivity index (χ0v) is 16.5. The maximum atomic E-state index is 12.5. The lowest BCUT2D eigenvalue weighted by Gasteiger charge is -2.31. The first-order valence-corrected chi connectivity index (χ1v) is 8.46. The molecule has 0 unspecified atom stereocenters. The Kier molecular flexibility index (Phi) is 7.03. The number of ether oxygens (including phenoxy) is 3. The van der Waals surface area contributed by atoms with Crippen molar-refractivity contribution in [2.75, 3.05) is 11.5 Å². The van der Waals surface area contributed by atoms with Crippen LogP contribution in [0.2, 0.25) is 0 Å². The minimum absolute atomic E-state index is 0.227. The van der Waals surface area contributed by atoms with Gasteiger partial charge in [0.1, 0.15) is 17.0 Å². The molecule has 0 spiro atoms. The summed E-state index contributed by atoms with van der Waals surface area (Å²) in [4.78, 5) is 25.5. The van der Waals surface area contributed by atoms with Gasteiger partial charge in [-0.05, 0) is 72.7 Å². The number of aliphatic hydroxyl groups excluding tert-OH is 1. The molecule has 0 saturated heterocycles. The second kappa shape index (κ2) is 8.40. The summed E-state index contributed by atoms with van der Waals surface area (Å²) < 4.78 is 15.6. The third-order valence-corrected chi connectivity index (χ3v) is 3.00. The molecule has 0 saturated carbocycles. The fraction of sp³-hybridized carbons (Fsp3) is 0.579. The Morgan fingerprint density at radius 2 is 1.50 bits per heavy atom. The van der Waals surface area contributed by atoms with Crippen LogP contribution >= 0.6 is 0 Å². The Morgan fingerprint density at radius 1 is 1.00 bits per heavy atom. The van der Waals surface area contributed by atoms with E-state index in [1.54, 1.807) is 72.7 Å². The van der Waals surface area contributed by atoms with E-state index in [4.69, 9.17) is 14.2 Å². The normalized spacial score (nSPS) is 12.9. The summed E-state index contributed by atoms with van der Waals surface area (Å²) in [5.41, 5.74) is -0.803. The molecule has 0 aromatic heterocycles. The SMILES string of the molecule is C[C@@H](CO)N(C(=O)OC(C)(C)C)c1ccc(OC(=O)OC(C)(C)C)cc1. The number of anilines is 1. The Balaban J connectivity index is 2.93. The van der Waals surface area contributed by atoms with Gasteiger partial charge in [0, 0.05) is 5.69 Å². The summed E-state index contributed by atoms with van der Waals surface area (Å²) in [6, 6.07) is 5.81. The zero-order valence-electron chi connectivity index (χ0n) is 16.5. The van der Waals surface area contributed by atoms with Crippen molar-refractivity contribution in [1.82, 2.24) is 0 Å². The highest BCUT2D eigenvalue weighted by Crippen LogP contribution is 2.24. The summed E-state index contributed by atoms with van der Waals surface area (Å²) in [5, 5.41) is 9.46. The molecule has 0 fully saturated rings. The van der Waals surface area contributed by atoms with Gasteiger partial charge in [0.05, 0.1) is 12.6 Å². The van der Waals surface area contributed by atoms with Crippen molar-refractivity contribution in [3.8, 4) is 5.75 Å². The molecule has 1 atom stereocenters. The van der Waals surface area contributed by atoms with Crippen LogP contribution in [-0.4, -0.2) is 41.2 Å². The van der Waals surface area contributed by atoms with Gasteiger partial charge in [-0.3, -0.25) is 4.90 Å². The van der Waals surface area contributed by atoms with Crippen LogP contribution in [0.5, 0.6) is 5.75 Å². The molecule has 1 rings (SSSR count). The van der Waals surface area contributed by atoms with Crippen LogP contribution in [0.3, 0.4) is 0 Å². The minimum atomic E-state index is -0.807.